The van der Waals surface area contributed by atoms with E-state index in [1.807, 2.05) is 60.7 Å². The van der Waals surface area contributed by atoms with Crippen molar-refractivity contribution in [3.63, 3.8) is 0 Å². The molecule has 0 aliphatic heterocycles. The van der Waals surface area contributed by atoms with Crippen molar-refractivity contribution in [1.82, 2.24) is 9.55 Å². The van der Waals surface area contributed by atoms with Gasteiger partial charge < -0.3 is 9.84 Å². The summed E-state index contributed by atoms with van der Waals surface area (Å²) in [5, 5.41) is 9.44. The molecule has 0 atom stereocenters. The Hall–Kier alpha value is -3.57. The van der Waals surface area contributed by atoms with Gasteiger partial charge in [0.15, 0.2) is 0 Å². The van der Waals surface area contributed by atoms with Crippen LogP contribution in [0.15, 0.2) is 84.9 Å². The highest BCUT2D eigenvalue weighted by Gasteiger charge is 2.22. The Balaban J connectivity index is 1.63. The molecule has 180 valence electrons. The van der Waals surface area contributed by atoms with E-state index < -0.39 is 5.97 Å². The normalized spacial score (nSPS) is 10.9. The first kappa shape index (κ1) is 24.6. The highest BCUT2D eigenvalue weighted by atomic mass is 35.5. The number of unbranched alkanes of at least 4 members (excludes halogenated alkanes) is 4. The minimum atomic E-state index is -0.731. The van der Waals surface area contributed by atoms with Crippen molar-refractivity contribution in [2.75, 3.05) is 6.61 Å². The van der Waals surface area contributed by atoms with Crippen molar-refractivity contribution in [2.24, 2.45) is 0 Å². The van der Waals surface area contributed by atoms with E-state index in [1.165, 1.54) is 0 Å². The van der Waals surface area contributed by atoms with Crippen LogP contribution in [-0.4, -0.2) is 27.2 Å². The number of nitrogens with zero attached hydrogens (tertiary/aromatic N) is 2. The average molecular weight is 489 g/mol. The molecule has 0 saturated heterocycles. The molecular formula is C29H29ClN2O3. The molecule has 0 amide bonds. The lowest BCUT2D eigenvalue weighted by atomic mass is 10.0. The lowest BCUT2D eigenvalue weighted by Gasteiger charge is -2.14. The second-order valence-corrected chi connectivity index (χ2v) is 8.83. The predicted octanol–water partition coefficient (Wildman–Crippen LogP) is 7.66. The summed E-state index contributed by atoms with van der Waals surface area (Å²) in [5.41, 5.74) is 4.80. The summed E-state index contributed by atoms with van der Waals surface area (Å²) in [6, 6.07) is 28.6. The van der Waals surface area contributed by atoms with Gasteiger partial charge in [-0.25, -0.2) is 0 Å². The van der Waals surface area contributed by atoms with Gasteiger partial charge in [-0.1, -0.05) is 91.5 Å². The van der Waals surface area contributed by atoms with Gasteiger partial charge in [0.1, 0.15) is 5.69 Å². The summed E-state index contributed by atoms with van der Waals surface area (Å²) in [5.74, 6) is -0.731. The third-order valence-corrected chi connectivity index (χ3v) is 6.04. The standard InChI is InChI=1S/C29H29ClN2O3/c30-24-17-19-25(20-18-24)32-28(23-14-8-5-9-15-23)27(22-12-6-4-7-13-22)31-29(32)35-21-11-3-1-2-10-16-26(33)34/h4-9,12-15,17-20H,1-3,10-11,16,21H2,(H,33,34). The number of hydrogen-bond donors (Lipinski definition) is 1. The molecule has 1 aromatic heterocycles. The highest BCUT2D eigenvalue weighted by Crippen LogP contribution is 2.38. The van der Waals surface area contributed by atoms with Gasteiger partial charge in [-0.15, -0.1) is 0 Å². The van der Waals surface area contributed by atoms with E-state index in [1.54, 1.807) is 0 Å². The molecule has 0 radical (unpaired) electrons. The van der Waals surface area contributed by atoms with E-state index in [-0.39, 0.29) is 6.42 Å². The van der Waals surface area contributed by atoms with Crippen molar-refractivity contribution < 1.29 is 14.6 Å². The Morgan fingerprint density at radius 2 is 1.40 bits per heavy atom. The Kier molecular flexibility index (Phi) is 8.58. The number of aromatic nitrogens is 2. The van der Waals surface area contributed by atoms with Gasteiger partial charge in [0.25, 0.3) is 0 Å². The number of rotatable bonds is 12. The molecule has 6 heteroatoms. The molecular weight excluding hydrogens is 460 g/mol. The van der Waals surface area contributed by atoms with Gasteiger partial charge in [0.2, 0.25) is 0 Å². The summed E-state index contributed by atoms with van der Waals surface area (Å²) < 4.78 is 8.31. The number of carboxylic acid groups (broad SMARTS) is 1. The Morgan fingerprint density at radius 1 is 0.800 bits per heavy atom. The number of aliphatic carboxylic acids is 1. The molecule has 0 aliphatic rings. The fraction of sp³-hybridized carbons (Fsp3) is 0.241. The molecule has 4 rings (SSSR count). The van der Waals surface area contributed by atoms with Crippen molar-refractivity contribution in [1.29, 1.82) is 0 Å². The van der Waals surface area contributed by atoms with E-state index in [0.717, 1.165) is 60.3 Å². The molecule has 0 fully saturated rings. The average Bonchev–Trinajstić information content (AvgIpc) is 3.26. The molecule has 0 aliphatic carbocycles. The quantitative estimate of drug-likeness (QED) is 0.208. The smallest absolute Gasteiger partial charge is 0.303 e. The fourth-order valence-electron chi connectivity index (χ4n) is 4.06. The fourth-order valence-corrected chi connectivity index (χ4v) is 4.18. The molecule has 0 bridgehead atoms. The van der Waals surface area contributed by atoms with Crippen LogP contribution in [0.5, 0.6) is 6.01 Å². The summed E-state index contributed by atoms with van der Waals surface area (Å²) >= 11 is 6.18. The second kappa shape index (κ2) is 12.2. The van der Waals surface area contributed by atoms with Crippen molar-refractivity contribution in [3.8, 4) is 34.2 Å². The van der Waals surface area contributed by atoms with E-state index in [2.05, 4.69) is 28.8 Å². The zero-order valence-electron chi connectivity index (χ0n) is 19.6. The number of carbonyl (C=O) groups is 1. The van der Waals surface area contributed by atoms with E-state index in [4.69, 9.17) is 26.4 Å². The number of ether oxygens (including phenoxy) is 1. The lowest BCUT2D eigenvalue weighted by molar-refractivity contribution is -0.137. The van der Waals surface area contributed by atoms with Crippen molar-refractivity contribution >= 4 is 17.6 Å². The zero-order valence-corrected chi connectivity index (χ0v) is 20.3. The Morgan fingerprint density at radius 3 is 2.06 bits per heavy atom. The van der Waals surface area contributed by atoms with Gasteiger partial charge >= 0.3 is 12.0 Å². The molecule has 1 N–H and O–H groups in total. The maximum absolute atomic E-state index is 10.7. The topological polar surface area (TPSA) is 64.3 Å². The molecule has 0 unspecified atom stereocenters. The molecule has 4 aromatic rings. The van der Waals surface area contributed by atoms with E-state index in [9.17, 15) is 4.79 Å². The molecule has 5 nitrogen and oxygen atoms in total. The van der Waals surface area contributed by atoms with Crippen LogP contribution in [0.3, 0.4) is 0 Å². The first-order valence-corrected chi connectivity index (χ1v) is 12.4. The van der Waals surface area contributed by atoms with Crippen LogP contribution in [0.2, 0.25) is 5.02 Å². The summed E-state index contributed by atoms with van der Waals surface area (Å²) in [4.78, 5) is 15.6. The van der Waals surface area contributed by atoms with Crippen LogP contribution in [-0.2, 0) is 4.79 Å². The van der Waals surface area contributed by atoms with Crippen LogP contribution < -0.4 is 4.74 Å². The van der Waals surface area contributed by atoms with Crippen LogP contribution in [0, 0.1) is 0 Å². The Bertz CT molecular complexity index is 1220. The minimum absolute atomic E-state index is 0.236. The largest absolute Gasteiger partial charge is 0.481 e. The van der Waals surface area contributed by atoms with Crippen LogP contribution in [0.4, 0.5) is 0 Å². The monoisotopic (exact) mass is 488 g/mol. The summed E-state index contributed by atoms with van der Waals surface area (Å²) in [6.07, 6.45) is 4.73. The SMILES string of the molecule is O=C(O)CCCCCCCOc1nc(-c2ccccc2)c(-c2ccccc2)n1-c1ccc(Cl)cc1. The van der Waals surface area contributed by atoms with Crippen LogP contribution >= 0.6 is 11.6 Å². The van der Waals surface area contributed by atoms with E-state index >= 15 is 0 Å². The van der Waals surface area contributed by atoms with Crippen LogP contribution in [0.25, 0.3) is 28.2 Å². The molecule has 0 spiro atoms. The molecule has 3 aromatic carbocycles. The maximum atomic E-state index is 10.7. The van der Waals surface area contributed by atoms with Gasteiger partial charge in [0.05, 0.1) is 18.0 Å². The maximum Gasteiger partial charge on any atom is 0.303 e. The molecule has 35 heavy (non-hydrogen) atoms. The van der Waals surface area contributed by atoms with Gasteiger partial charge in [-0.2, -0.15) is 4.98 Å². The molecule has 1 heterocycles. The van der Waals surface area contributed by atoms with Crippen molar-refractivity contribution in [3.05, 3.63) is 90.0 Å². The summed E-state index contributed by atoms with van der Waals surface area (Å²) in [7, 11) is 0. The predicted molar refractivity (Wildman–Crippen MR) is 140 cm³/mol. The number of hydrogen-bond acceptors (Lipinski definition) is 3. The van der Waals surface area contributed by atoms with Crippen LogP contribution in [0.1, 0.15) is 38.5 Å². The zero-order chi connectivity index (χ0) is 24.5. The second-order valence-electron chi connectivity index (χ2n) is 8.40. The lowest BCUT2D eigenvalue weighted by Crippen LogP contribution is -2.05. The first-order valence-electron chi connectivity index (χ1n) is 12.0. The highest BCUT2D eigenvalue weighted by molar-refractivity contribution is 6.30. The van der Waals surface area contributed by atoms with Gasteiger partial charge in [-0.3, -0.25) is 9.36 Å². The third kappa shape index (κ3) is 6.52. The first-order chi connectivity index (χ1) is 17.1. The third-order valence-electron chi connectivity index (χ3n) is 5.79. The number of halogens is 1. The molecule has 0 saturated carbocycles. The van der Waals surface area contributed by atoms with Crippen molar-refractivity contribution in [2.45, 2.75) is 38.5 Å². The minimum Gasteiger partial charge on any atom is -0.481 e. The summed E-state index contributed by atoms with van der Waals surface area (Å²) in [6.45, 7) is 0.534. The van der Waals surface area contributed by atoms with Gasteiger partial charge in [-0.05, 0) is 37.1 Å². The van der Waals surface area contributed by atoms with E-state index in [0.29, 0.717) is 17.6 Å². The Labute approximate surface area is 211 Å². The number of imidazole rings is 1. The number of carboxylic acids is 1. The number of benzene rings is 3. The van der Waals surface area contributed by atoms with Gasteiger partial charge in [0, 0.05) is 22.6 Å².